The number of carbonyl (C=O) groups excluding carboxylic acids is 1. The Labute approximate surface area is 179 Å². The maximum atomic E-state index is 12.8. The maximum absolute atomic E-state index is 12.8. The van der Waals surface area contributed by atoms with Gasteiger partial charge in [-0.25, -0.2) is 4.79 Å². The molecule has 8 heteroatoms. The lowest BCUT2D eigenvalue weighted by Gasteiger charge is -2.29. The zero-order valence-electron chi connectivity index (χ0n) is 17.6. The molecular weight excluding hydrogens is 409 g/mol. The first-order chi connectivity index (χ1) is 14.8. The lowest BCUT2D eigenvalue weighted by atomic mass is 9.92. The molecule has 0 unspecified atom stereocenters. The first-order valence-corrected chi connectivity index (χ1v) is 10.3. The van der Waals surface area contributed by atoms with E-state index in [1.165, 1.54) is 12.1 Å². The van der Waals surface area contributed by atoms with Crippen LogP contribution in [0.3, 0.4) is 0 Å². The Kier molecular flexibility index (Phi) is 7.43. The third kappa shape index (κ3) is 6.13. The molecule has 0 radical (unpaired) electrons. The number of hydrogen-bond donors (Lipinski definition) is 2. The molecular formula is C23H27F3N2O3. The van der Waals surface area contributed by atoms with Crippen LogP contribution in [0.2, 0.25) is 0 Å². The molecule has 0 spiro atoms. The Bertz CT molecular complexity index is 877. The van der Waals surface area contributed by atoms with E-state index in [1.54, 1.807) is 14.2 Å². The van der Waals surface area contributed by atoms with Gasteiger partial charge in [0, 0.05) is 25.2 Å². The number of hydrogen-bond acceptors (Lipinski definition) is 4. The summed E-state index contributed by atoms with van der Waals surface area (Å²) in [5.74, 6) is 0.722. The number of alkyl carbamates (subject to hydrolysis) is 1. The predicted molar refractivity (Wildman–Crippen MR) is 112 cm³/mol. The van der Waals surface area contributed by atoms with Crippen LogP contribution in [-0.2, 0) is 17.5 Å². The van der Waals surface area contributed by atoms with Crippen LogP contribution in [0.5, 0.6) is 5.75 Å². The number of rotatable bonds is 6. The van der Waals surface area contributed by atoms with Gasteiger partial charge in [0.1, 0.15) is 11.9 Å². The van der Waals surface area contributed by atoms with Crippen molar-refractivity contribution >= 4 is 6.09 Å². The number of methoxy groups -OCH3 is 1. The van der Waals surface area contributed by atoms with E-state index in [0.29, 0.717) is 18.2 Å². The largest absolute Gasteiger partial charge is 0.496 e. The Morgan fingerprint density at radius 3 is 2.26 bits per heavy atom. The van der Waals surface area contributed by atoms with E-state index in [1.807, 2.05) is 18.2 Å². The summed E-state index contributed by atoms with van der Waals surface area (Å²) in [5, 5.41) is 5.99. The van der Waals surface area contributed by atoms with Crippen LogP contribution < -0.4 is 15.4 Å². The minimum Gasteiger partial charge on any atom is -0.496 e. The molecule has 1 aliphatic rings. The first kappa shape index (κ1) is 22.9. The zero-order chi connectivity index (χ0) is 22.4. The quantitative estimate of drug-likeness (QED) is 0.659. The molecule has 0 aromatic heterocycles. The minimum absolute atomic E-state index is 0.0597. The predicted octanol–water partition coefficient (Wildman–Crippen LogP) is 5.14. The topological polar surface area (TPSA) is 59.6 Å². The molecule has 2 N–H and O–H groups in total. The highest BCUT2D eigenvalue weighted by atomic mass is 19.4. The van der Waals surface area contributed by atoms with Gasteiger partial charge in [0.15, 0.2) is 0 Å². The smallest absolute Gasteiger partial charge is 0.416 e. The Morgan fingerprint density at radius 2 is 1.68 bits per heavy atom. The van der Waals surface area contributed by atoms with E-state index in [9.17, 15) is 18.0 Å². The van der Waals surface area contributed by atoms with E-state index in [-0.39, 0.29) is 6.10 Å². The summed E-state index contributed by atoms with van der Waals surface area (Å²) in [6.07, 6.45) is -1.43. The van der Waals surface area contributed by atoms with Crippen molar-refractivity contribution in [3.63, 3.8) is 0 Å². The van der Waals surface area contributed by atoms with Gasteiger partial charge in [-0.3, -0.25) is 0 Å². The van der Waals surface area contributed by atoms with Crippen molar-refractivity contribution in [1.29, 1.82) is 0 Å². The third-order valence-electron chi connectivity index (χ3n) is 5.56. The van der Waals surface area contributed by atoms with Crippen LogP contribution >= 0.6 is 0 Å². The van der Waals surface area contributed by atoms with Gasteiger partial charge in [-0.15, -0.1) is 0 Å². The molecule has 31 heavy (non-hydrogen) atoms. The van der Waals surface area contributed by atoms with Crippen molar-refractivity contribution in [2.24, 2.45) is 0 Å². The lowest BCUT2D eigenvalue weighted by molar-refractivity contribution is -0.137. The van der Waals surface area contributed by atoms with Crippen molar-refractivity contribution in [3.05, 3.63) is 53.6 Å². The highest BCUT2D eigenvalue weighted by Gasteiger charge is 2.30. The number of ether oxygens (including phenoxy) is 2. The second kappa shape index (κ2) is 10.0. The molecule has 3 rings (SSSR count). The second-order valence-electron chi connectivity index (χ2n) is 7.61. The molecule has 5 nitrogen and oxygen atoms in total. The molecule has 0 heterocycles. The molecule has 1 saturated carbocycles. The molecule has 168 valence electrons. The van der Waals surface area contributed by atoms with Gasteiger partial charge in [-0.1, -0.05) is 18.2 Å². The molecule has 0 bridgehead atoms. The van der Waals surface area contributed by atoms with Crippen molar-refractivity contribution < 1.29 is 27.4 Å². The summed E-state index contributed by atoms with van der Waals surface area (Å²) in [6.45, 7) is 0.573. The highest BCUT2D eigenvalue weighted by molar-refractivity contribution is 5.67. The van der Waals surface area contributed by atoms with E-state index >= 15 is 0 Å². The van der Waals surface area contributed by atoms with Gasteiger partial charge in [0.2, 0.25) is 0 Å². The van der Waals surface area contributed by atoms with Gasteiger partial charge in [0.05, 0.1) is 12.7 Å². The van der Waals surface area contributed by atoms with Crippen LogP contribution in [0.25, 0.3) is 11.1 Å². The Morgan fingerprint density at radius 1 is 1.03 bits per heavy atom. The maximum Gasteiger partial charge on any atom is 0.416 e. The van der Waals surface area contributed by atoms with Gasteiger partial charge in [0.25, 0.3) is 0 Å². The number of nitrogens with one attached hydrogen (secondary N) is 2. The van der Waals surface area contributed by atoms with Crippen LogP contribution in [0.15, 0.2) is 42.5 Å². The summed E-state index contributed by atoms with van der Waals surface area (Å²) in [6, 6.07) is 11.1. The van der Waals surface area contributed by atoms with Gasteiger partial charge >= 0.3 is 12.3 Å². The van der Waals surface area contributed by atoms with Crippen molar-refractivity contribution in [3.8, 4) is 16.9 Å². The minimum atomic E-state index is -4.35. The normalized spacial score (nSPS) is 19.0. The monoisotopic (exact) mass is 436 g/mol. The van der Waals surface area contributed by atoms with Crippen molar-refractivity contribution in [2.45, 2.75) is 50.6 Å². The molecule has 1 amide bonds. The molecule has 0 atom stereocenters. The van der Waals surface area contributed by atoms with Crippen LogP contribution in [0.1, 0.15) is 36.8 Å². The van der Waals surface area contributed by atoms with Crippen LogP contribution in [-0.4, -0.2) is 32.4 Å². The van der Waals surface area contributed by atoms with Gasteiger partial charge in [-0.2, -0.15) is 13.2 Å². The fourth-order valence-corrected chi connectivity index (χ4v) is 3.80. The number of alkyl halides is 3. The molecule has 1 fully saturated rings. The molecule has 0 aliphatic heterocycles. The summed E-state index contributed by atoms with van der Waals surface area (Å²) < 4.78 is 49.2. The van der Waals surface area contributed by atoms with Crippen molar-refractivity contribution in [1.82, 2.24) is 10.6 Å². The fraction of sp³-hybridized carbons (Fsp3) is 0.435. The third-order valence-corrected chi connectivity index (χ3v) is 5.56. The molecule has 0 saturated heterocycles. The highest BCUT2D eigenvalue weighted by Crippen LogP contribution is 2.32. The van der Waals surface area contributed by atoms with E-state index in [0.717, 1.165) is 54.7 Å². The Balaban J connectivity index is 1.63. The fourth-order valence-electron chi connectivity index (χ4n) is 3.80. The SMILES string of the molecule is CNC(=O)OC1CCC(NCc2cc(-c3ccc(C(F)(F)F)cc3)ccc2OC)CC1. The van der Waals surface area contributed by atoms with E-state index < -0.39 is 17.8 Å². The summed E-state index contributed by atoms with van der Waals surface area (Å²) in [7, 11) is 3.14. The average Bonchev–Trinajstić information content (AvgIpc) is 2.77. The van der Waals surface area contributed by atoms with Crippen LogP contribution in [0.4, 0.5) is 18.0 Å². The standard InChI is InChI=1S/C23H27F3N2O3/c1-27-22(29)31-20-10-8-19(9-11-20)28-14-17-13-16(5-12-21(17)30-2)15-3-6-18(7-4-15)23(24,25)26/h3-7,12-13,19-20,28H,8-11,14H2,1-2H3,(H,27,29). The van der Waals surface area contributed by atoms with E-state index in [2.05, 4.69) is 10.6 Å². The van der Waals surface area contributed by atoms with Gasteiger partial charge in [-0.05, 0) is 61.1 Å². The summed E-state index contributed by atoms with van der Waals surface area (Å²) in [5.41, 5.74) is 1.81. The van der Waals surface area contributed by atoms with E-state index in [4.69, 9.17) is 9.47 Å². The zero-order valence-corrected chi connectivity index (χ0v) is 17.6. The number of benzene rings is 2. The number of amides is 1. The lowest BCUT2D eigenvalue weighted by Crippen LogP contribution is -2.36. The average molecular weight is 436 g/mol. The summed E-state index contributed by atoms with van der Waals surface area (Å²) >= 11 is 0. The van der Waals surface area contributed by atoms with Crippen molar-refractivity contribution in [2.75, 3.05) is 14.2 Å². The molecule has 2 aromatic rings. The second-order valence-corrected chi connectivity index (χ2v) is 7.61. The molecule has 1 aliphatic carbocycles. The number of carbonyl (C=O) groups is 1. The van der Waals surface area contributed by atoms with Gasteiger partial charge < -0.3 is 20.1 Å². The molecule has 2 aromatic carbocycles. The summed E-state index contributed by atoms with van der Waals surface area (Å²) in [4.78, 5) is 11.3. The number of halogens is 3. The Hall–Kier alpha value is -2.74. The first-order valence-electron chi connectivity index (χ1n) is 10.3. The van der Waals surface area contributed by atoms with Crippen LogP contribution in [0, 0.1) is 0 Å².